The van der Waals surface area contributed by atoms with E-state index in [2.05, 4.69) is 44.9 Å². The second-order valence-corrected chi connectivity index (χ2v) is 10.7. The molecule has 7 heteroatoms. The van der Waals surface area contributed by atoms with Crippen molar-refractivity contribution in [2.45, 2.75) is 96.6 Å². The Bertz CT molecular complexity index is 765. The van der Waals surface area contributed by atoms with Gasteiger partial charge >= 0.3 is 0 Å². The molecule has 3 fully saturated rings. The Morgan fingerprint density at radius 2 is 1.82 bits per heavy atom. The van der Waals surface area contributed by atoms with Gasteiger partial charge in [-0.1, -0.05) is 39.5 Å². The third kappa shape index (κ3) is 6.83. The highest BCUT2D eigenvalue weighted by molar-refractivity contribution is 5.78. The summed E-state index contributed by atoms with van der Waals surface area (Å²) < 4.78 is 0. The minimum Gasteiger partial charge on any atom is -0.356 e. The zero-order valence-electron chi connectivity index (χ0n) is 21.6. The van der Waals surface area contributed by atoms with Crippen molar-refractivity contribution >= 4 is 17.7 Å². The molecular formula is C27H46N6O. The summed E-state index contributed by atoms with van der Waals surface area (Å²) in [7, 11) is 0. The maximum absolute atomic E-state index is 12.9. The van der Waals surface area contributed by atoms with Crippen molar-refractivity contribution in [3.8, 4) is 0 Å². The van der Waals surface area contributed by atoms with E-state index in [1.807, 2.05) is 6.20 Å². The lowest BCUT2D eigenvalue weighted by atomic mass is 9.99. The number of likely N-dealkylation sites (tertiary alicyclic amines) is 2. The third-order valence-electron chi connectivity index (χ3n) is 7.97. The van der Waals surface area contributed by atoms with Gasteiger partial charge in [-0.2, -0.15) is 4.98 Å². The van der Waals surface area contributed by atoms with Gasteiger partial charge in [-0.15, -0.1) is 0 Å². The molecule has 0 aliphatic carbocycles. The van der Waals surface area contributed by atoms with Gasteiger partial charge in [0.15, 0.2) is 0 Å². The summed E-state index contributed by atoms with van der Waals surface area (Å²) in [5.41, 5.74) is 0. The summed E-state index contributed by atoms with van der Waals surface area (Å²) in [6, 6.07) is 2.88. The van der Waals surface area contributed by atoms with Crippen LogP contribution < -0.4 is 10.2 Å². The van der Waals surface area contributed by atoms with Gasteiger partial charge in [-0.25, -0.2) is 4.98 Å². The van der Waals surface area contributed by atoms with Crippen LogP contribution in [0.2, 0.25) is 0 Å². The van der Waals surface area contributed by atoms with Crippen LogP contribution in [0.1, 0.15) is 84.5 Å². The van der Waals surface area contributed by atoms with E-state index in [1.54, 1.807) is 0 Å². The number of nitrogens with zero attached hydrogens (tertiary/aromatic N) is 5. The van der Waals surface area contributed by atoms with E-state index in [0.717, 1.165) is 76.7 Å². The van der Waals surface area contributed by atoms with Gasteiger partial charge in [0.25, 0.3) is 0 Å². The Labute approximate surface area is 206 Å². The molecule has 3 atom stereocenters. The number of nitrogens with one attached hydrogen (secondary N) is 1. The fourth-order valence-electron chi connectivity index (χ4n) is 6.02. The lowest BCUT2D eigenvalue weighted by Gasteiger charge is -2.40. The molecule has 4 heterocycles. The van der Waals surface area contributed by atoms with Gasteiger partial charge in [0.2, 0.25) is 11.9 Å². The van der Waals surface area contributed by atoms with Gasteiger partial charge < -0.3 is 15.1 Å². The van der Waals surface area contributed by atoms with E-state index in [-0.39, 0.29) is 5.92 Å². The van der Waals surface area contributed by atoms with E-state index in [0.29, 0.717) is 18.0 Å². The molecule has 4 rings (SSSR count). The highest BCUT2D eigenvalue weighted by Gasteiger charge is 2.31. The quantitative estimate of drug-likeness (QED) is 0.631. The zero-order valence-corrected chi connectivity index (χ0v) is 21.6. The van der Waals surface area contributed by atoms with E-state index in [1.165, 1.54) is 44.9 Å². The van der Waals surface area contributed by atoms with E-state index >= 15 is 0 Å². The standard InChI is InChI=1S/C27H46N6O/c1-3-11-22(2)26(34)33-19-10-13-24(21-33)32-18-9-6-12-23(20-32)29-27-28-15-14-25(30-27)31-16-7-4-5-8-17-31/h14-15,22-24H,3-13,16-21H2,1-2H3,(H,28,29,30). The summed E-state index contributed by atoms with van der Waals surface area (Å²) in [4.78, 5) is 29.6. The predicted octanol–water partition coefficient (Wildman–Crippen LogP) is 4.55. The Morgan fingerprint density at radius 1 is 1.03 bits per heavy atom. The molecule has 3 aliphatic heterocycles. The first kappa shape index (κ1) is 25.2. The molecule has 1 aromatic rings. The van der Waals surface area contributed by atoms with Crippen LogP contribution in [0.5, 0.6) is 0 Å². The normalized spacial score (nSPS) is 25.9. The molecule has 0 saturated carbocycles. The van der Waals surface area contributed by atoms with Crippen LogP contribution in [0.3, 0.4) is 0 Å². The van der Waals surface area contributed by atoms with Crippen LogP contribution in [-0.4, -0.2) is 77.0 Å². The summed E-state index contributed by atoms with van der Waals surface area (Å²) in [6.07, 6.45) is 15.0. The summed E-state index contributed by atoms with van der Waals surface area (Å²) in [5, 5.41) is 3.68. The largest absolute Gasteiger partial charge is 0.356 e. The number of piperidine rings is 1. The fraction of sp³-hybridized carbons (Fsp3) is 0.815. The maximum Gasteiger partial charge on any atom is 0.225 e. The Balaban J connectivity index is 1.36. The number of amides is 1. The molecule has 190 valence electrons. The Hall–Kier alpha value is -1.89. The maximum atomic E-state index is 12.9. The number of aromatic nitrogens is 2. The average Bonchev–Trinajstić information content (AvgIpc) is 3.27. The monoisotopic (exact) mass is 470 g/mol. The molecule has 0 bridgehead atoms. The SMILES string of the molecule is CCCC(C)C(=O)N1CCCC(N2CCCCC(Nc3nccc(N4CCCCCC4)n3)C2)C1. The highest BCUT2D eigenvalue weighted by atomic mass is 16.2. The van der Waals surface area contributed by atoms with Crippen molar-refractivity contribution in [3.63, 3.8) is 0 Å². The minimum absolute atomic E-state index is 0.149. The number of hydrogen-bond donors (Lipinski definition) is 1. The predicted molar refractivity (Wildman–Crippen MR) is 139 cm³/mol. The summed E-state index contributed by atoms with van der Waals surface area (Å²) in [5.74, 6) is 2.33. The number of carbonyl (C=O) groups is 1. The van der Waals surface area contributed by atoms with Crippen LogP contribution >= 0.6 is 0 Å². The van der Waals surface area contributed by atoms with Crippen LogP contribution in [0.4, 0.5) is 11.8 Å². The second kappa shape index (κ2) is 12.7. The number of hydrogen-bond acceptors (Lipinski definition) is 6. The molecule has 34 heavy (non-hydrogen) atoms. The molecule has 0 spiro atoms. The molecule has 0 aromatic carbocycles. The molecule has 3 unspecified atom stereocenters. The summed E-state index contributed by atoms with van der Waals surface area (Å²) >= 11 is 0. The zero-order chi connectivity index (χ0) is 23.8. The van der Waals surface area contributed by atoms with Crippen LogP contribution in [-0.2, 0) is 4.79 Å². The minimum atomic E-state index is 0.149. The average molecular weight is 471 g/mol. The van der Waals surface area contributed by atoms with Crippen LogP contribution in [0, 0.1) is 5.92 Å². The van der Waals surface area contributed by atoms with E-state index in [9.17, 15) is 4.79 Å². The van der Waals surface area contributed by atoms with E-state index in [4.69, 9.17) is 4.98 Å². The molecular weight excluding hydrogens is 424 g/mol. The van der Waals surface area contributed by atoms with Crippen LogP contribution in [0.15, 0.2) is 12.3 Å². The number of anilines is 2. The molecule has 1 aromatic heterocycles. The Kier molecular flexibility index (Phi) is 9.42. The van der Waals surface area contributed by atoms with E-state index < -0.39 is 0 Å². The van der Waals surface area contributed by atoms with Crippen molar-refractivity contribution in [1.82, 2.24) is 19.8 Å². The number of carbonyl (C=O) groups excluding carboxylic acids is 1. The van der Waals surface area contributed by atoms with Gasteiger partial charge in [-0.05, 0) is 57.6 Å². The van der Waals surface area contributed by atoms with Crippen molar-refractivity contribution in [1.29, 1.82) is 0 Å². The topological polar surface area (TPSA) is 64.6 Å². The smallest absolute Gasteiger partial charge is 0.225 e. The highest BCUT2D eigenvalue weighted by Crippen LogP contribution is 2.24. The molecule has 3 aliphatic rings. The molecule has 1 N–H and O–H groups in total. The number of rotatable bonds is 7. The van der Waals surface area contributed by atoms with Gasteiger partial charge in [0.05, 0.1) is 0 Å². The lowest BCUT2D eigenvalue weighted by Crippen LogP contribution is -2.52. The third-order valence-corrected chi connectivity index (χ3v) is 7.97. The first-order chi connectivity index (χ1) is 16.6. The van der Waals surface area contributed by atoms with Gasteiger partial charge in [0.1, 0.15) is 5.82 Å². The molecule has 7 nitrogen and oxygen atoms in total. The second-order valence-electron chi connectivity index (χ2n) is 10.7. The summed E-state index contributed by atoms with van der Waals surface area (Å²) in [6.45, 7) is 10.4. The van der Waals surface area contributed by atoms with Crippen LogP contribution in [0.25, 0.3) is 0 Å². The Morgan fingerprint density at radius 3 is 2.62 bits per heavy atom. The van der Waals surface area contributed by atoms with Crippen molar-refractivity contribution in [3.05, 3.63) is 12.3 Å². The van der Waals surface area contributed by atoms with Crippen molar-refractivity contribution in [2.75, 3.05) is 49.5 Å². The molecule has 1 amide bonds. The van der Waals surface area contributed by atoms with Gasteiger partial charge in [0, 0.05) is 56.9 Å². The first-order valence-electron chi connectivity index (χ1n) is 14.0. The van der Waals surface area contributed by atoms with Crippen molar-refractivity contribution < 1.29 is 4.79 Å². The fourth-order valence-corrected chi connectivity index (χ4v) is 6.02. The molecule has 3 saturated heterocycles. The lowest BCUT2D eigenvalue weighted by molar-refractivity contribution is -0.137. The molecule has 0 radical (unpaired) electrons. The van der Waals surface area contributed by atoms with Gasteiger partial charge in [-0.3, -0.25) is 9.69 Å². The first-order valence-corrected chi connectivity index (χ1v) is 14.0. The van der Waals surface area contributed by atoms with Crippen molar-refractivity contribution in [2.24, 2.45) is 5.92 Å².